The molecule has 0 radical (unpaired) electrons. The van der Waals surface area contributed by atoms with E-state index in [-0.39, 0.29) is 30.9 Å². The predicted octanol–water partition coefficient (Wildman–Crippen LogP) is 5.31. The first kappa shape index (κ1) is 32.9. The average molecular weight is 634 g/mol. The number of aryl methyl sites for hydroxylation is 1. The van der Waals surface area contributed by atoms with E-state index in [2.05, 4.69) is 13.2 Å². The second-order valence-corrected chi connectivity index (χ2v) is 12.9. The second kappa shape index (κ2) is 13.1. The van der Waals surface area contributed by atoms with E-state index >= 15 is 0 Å². The smallest absolute Gasteiger partial charge is 0.253 e. The molecule has 0 aliphatic carbocycles. The maximum atomic E-state index is 15.0. The molecule has 45 heavy (non-hydrogen) atoms. The number of hydrogen-bond donors (Lipinski definition) is 1. The van der Waals surface area contributed by atoms with Gasteiger partial charge >= 0.3 is 0 Å². The van der Waals surface area contributed by atoms with E-state index < -0.39 is 35.1 Å². The Balaban J connectivity index is 1.63. The fraction of sp³-hybridized carbons (Fsp3) is 0.472. The number of rotatable bonds is 13. The second-order valence-electron chi connectivity index (χ2n) is 12.5. The van der Waals surface area contributed by atoms with Crippen molar-refractivity contribution >= 4 is 35.0 Å². The molecule has 3 saturated heterocycles. The van der Waals surface area contributed by atoms with Crippen molar-refractivity contribution in [3.05, 3.63) is 90.0 Å². The van der Waals surface area contributed by atoms with Crippen molar-refractivity contribution in [2.75, 3.05) is 24.6 Å². The first-order valence-corrected chi connectivity index (χ1v) is 16.3. The van der Waals surface area contributed by atoms with E-state index in [1.807, 2.05) is 63.2 Å². The van der Waals surface area contributed by atoms with Crippen molar-refractivity contribution in [3.63, 3.8) is 0 Å². The number of aliphatic hydroxyl groups excluding tert-OH is 1. The number of nitrogens with zero attached hydrogens (tertiary/aromatic N) is 3. The number of benzene rings is 2. The monoisotopic (exact) mass is 633 g/mol. The van der Waals surface area contributed by atoms with Gasteiger partial charge in [0.05, 0.1) is 40.8 Å². The Morgan fingerprint density at radius 2 is 1.80 bits per heavy atom. The first-order chi connectivity index (χ1) is 21.6. The Morgan fingerprint density at radius 1 is 1.09 bits per heavy atom. The van der Waals surface area contributed by atoms with Crippen molar-refractivity contribution < 1.29 is 24.2 Å². The van der Waals surface area contributed by atoms with Gasteiger partial charge < -0.3 is 24.5 Å². The molecule has 8 nitrogen and oxygen atoms in total. The lowest BCUT2D eigenvalue weighted by atomic mass is 9.64. The Morgan fingerprint density at radius 3 is 2.40 bits per heavy atom. The minimum atomic E-state index is -1.24. The summed E-state index contributed by atoms with van der Waals surface area (Å²) in [6.07, 6.45) is 5.24. The van der Waals surface area contributed by atoms with Crippen molar-refractivity contribution in [2.45, 2.75) is 76.3 Å². The number of hydrogen-bond acceptors (Lipinski definition) is 5. The van der Waals surface area contributed by atoms with Crippen LogP contribution in [-0.4, -0.2) is 75.6 Å². The number of carbonyl (C=O) groups is 3. The van der Waals surface area contributed by atoms with Crippen LogP contribution in [0.5, 0.6) is 0 Å². The van der Waals surface area contributed by atoms with Crippen molar-refractivity contribution in [1.29, 1.82) is 0 Å². The molecule has 3 fully saturated rings. The molecule has 240 valence electrons. The Bertz CT molecular complexity index is 1440. The number of amides is 3. The third kappa shape index (κ3) is 5.30. The Labute approximate surface area is 271 Å². The lowest BCUT2D eigenvalue weighted by molar-refractivity contribution is -0.154. The van der Waals surface area contributed by atoms with E-state index in [0.29, 0.717) is 49.5 Å². The number of likely N-dealkylation sites (tertiary alicyclic amines) is 1. The lowest BCUT2D eigenvalue weighted by Crippen LogP contribution is -2.59. The summed E-state index contributed by atoms with van der Waals surface area (Å²) in [4.78, 5) is 49.2. The van der Waals surface area contributed by atoms with Crippen molar-refractivity contribution in [3.8, 4) is 0 Å². The molecule has 3 aliphatic heterocycles. The zero-order valence-corrected chi connectivity index (χ0v) is 27.2. The van der Waals surface area contributed by atoms with Crippen LogP contribution in [0.1, 0.15) is 50.7 Å². The Hall–Kier alpha value is -3.46. The van der Waals surface area contributed by atoms with Crippen LogP contribution in [0, 0.1) is 18.8 Å². The van der Waals surface area contributed by atoms with E-state index in [1.165, 1.54) is 4.90 Å². The van der Waals surface area contributed by atoms with Gasteiger partial charge in [-0.05, 0) is 49.8 Å². The van der Waals surface area contributed by atoms with Crippen LogP contribution in [0.2, 0.25) is 5.02 Å². The van der Waals surface area contributed by atoms with Gasteiger partial charge in [0.25, 0.3) is 5.91 Å². The quantitative estimate of drug-likeness (QED) is 0.302. The zero-order valence-electron chi connectivity index (χ0n) is 26.5. The molecule has 5 rings (SSSR count). The zero-order chi connectivity index (χ0) is 32.5. The van der Waals surface area contributed by atoms with Gasteiger partial charge in [0.2, 0.25) is 11.8 Å². The third-order valence-electron chi connectivity index (χ3n) is 10.1. The number of anilines is 1. The number of aliphatic hydroxyl groups is 1. The fourth-order valence-corrected chi connectivity index (χ4v) is 8.36. The van der Waals surface area contributed by atoms with Crippen LogP contribution in [0.25, 0.3) is 0 Å². The summed E-state index contributed by atoms with van der Waals surface area (Å²) in [6.45, 7) is 14.0. The highest BCUT2D eigenvalue weighted by atomic mass is 35.5. The molecular weight excluding hydrogens is 590 g/mol. The molecule has 9 heteroatoms. The topological polar surface area (TPSA) is 90.4 Å². The minimum Gasteiger partial charge on any atom is -0.394 e. The highest BCUT2D eigenvalue weighted by Crippen LogP contribution is 2.65. The summed E-state index contributed by atoms with van der Waals surface area (Å²) in [5.41, 5.74) is 0.161. The van der Waals surface area contributed by atoms with Gasteiger partial charge in [-0.1, -0.05) is 80.1 Å². The average Bonchev–Trinajstić information content (AvgIpc) is 3.64. The molecule has 1 N–H and O–H groups in total. The van der Waals surface area contributed by atoms with Crippen LogP contribution in [0.4, 0.5) is 5.69 Å². The van der Waals surface area contributed by atoms with Crippen LogP contribution in [0.3, 0.4) is 0 Å². The van der Waals surface area contributed by atoms with Crippen LogP contribution >= 0.6 is 11.6 Å². The molecule has 3 heterocycles. The van der Waals surface area contributed by atoms with Gasteiger partial charge in [0.1, 0.15) is 11.6 Å². The molecule has 0 saturated carbocycles. The van der Waals surface area contributed by atoms with Gasteiger partial charge in [-0.15, -0.1) is 13.2 Å². The van der Waals surface area contributed by atoms with Gasteiger partial charge in [-0.3, -0.25) is 14.4 Å². The lowest BCUT2D eigenvalue weighted by Gasteiger charge is -2.39. The molecule has 3 aliphatic rings. The van der Waals surface area contributed by atoms with Crippen molar-refractivity contribution in [2.24, 2.45) is 11.8 Å². The summed E-state index contributed by atoms with van der Waals surface area (Å²) < 4.78 is 7.01. The highest BCUT2D eigenvalue weighted by Gasteiger charge is 2.79. The fourth-order valence-electron chi connectivity index (χ4n) is 8.04. The van der Waals surface area contributed by atoms with Gasteiger partial charge in [0.15, 0.2) is 0 Å². The summed E-state index contributed by atoms with van der Waals surface area (Å²) >= 11 is 6.68. The van der Waals surface area contributed by atoms with Crippen LogP contribution in [0.15, 0.2) is 73.8 Å². The molecule has 2 aromatic rings. The summed E-state index contributed by atoms with van der Waals surface area (Å²) in [6, 6.07) is 13.5. The van der Waals surface area contributed by atoms with Crippen LogP contribution < -0.4 is 4.90 Å². The standard InChI is InChI=1S/C36H44ClN3O5/c1-6-20-38(22-25-15-11-10-12-16-25)32(42)28-29-33(43)40(26(8-3)23-41)31(36(29)19-18-35(28,9-4)45-36)34(44)39(21-7-2)30-24(5)14-13-17-27(30)37/h6-7,10-17,26,28-29,31,41H,1-2,8-9,18-23H2,3-5H3/t26-,28-,29-,31?,35+,36?/m0/s1. The maximum Gasteiger partial charge on any atom is 0.253 e. The number of para-hydroxylation sites is 1. The van der Waals surface area contributed by atoms with E-state index in [4.69, 9.17) is 16.3 Å². The van der Waals surface area contributed by atoms with E-state index in [9.17, 15) is 19.5 Å². The highest BCUT2D eigenvalue weighted by molar-refractivity contribution is 6.34. The maximum absolute atomic E-state index is 15.0. The van der Waals surface area contributed by atoms with Gasteiger partial charge in [-0.25, -0.2) is 0 Å². The molecule has 6 atom stereocenters. The normalized spacial score (nSPS) is 27.3. The molecule has 2 bridgehead atoms. The SMILES string of the molecule is C=CCN(Cc1ccccc1)C(=O)[C@@H]1[C@H]2C(=O)N([C@@H](CC)CO)C(C(=O)N(CC=C)c3c(C)cccc3Cl)C23CC[C@@]1(CC)O3. The predicted molar refractivity (Wildman–Crippen MR) is 176 cm³/mol. The first-order valence-electron chi connectivity index (χ1n) is 15.9. The van der Waals surface area contributed by atoms with Gasteiger partial charge in [-0.2, -0.15) is 0 Å². The summed E-state index contributed by atoms with van der Waals surface area (Å²) in [7, 11) is 0. The largest absolute Gasteiger partial charge is 0.394 e. The van der Waals surface area contributed by atoms with E-state index in [1.54, 1.807) is 28.0 Å². The minimum absolute atomic E-state index is 0.157. The number of halogens is 1. The number of carbonyl (C=O) groups excluding carboxylic acids is 3. The molecule has 1 spiro atoms. The summed E-state index contributed by atoms with van der Waals surface area (Å²) in [5.74, 6) is -2.54. The molecule has 3 amide bonds. The molecule has 0 aromatic heterocycles. The van der Waals surface area contributed by atoms with Crippen LogP contribution in [-0.2, 0) is 25.7 Å². The number of fused-ring (bicyclic) bond motifs is 1. The summed E-state index contributed by atoms with van der Waals surface area (Å²) in [5, 5.41) is 10.9. The third-order valence-corrected chi connectivity index (χ3v) is 10.4. The number of ether oxygens (including phenoxy) is 1. The van der Waals surface area contributed by atoms with E-state index in [0.717, 1.165) is 11.1 Å². The molecule has 2 unspecified atom stereocenters. The van der Waals surface area contributed by atoms with Crippen molar-refractivity contribution in [1.82, 2.24) is 9.80 Å². The molecular formula is C36H44ClN3O5. The van der Waals surface area contributed by atoms with Gasteiger partial charge in [0, 0.05) is 19.6 Å². The molecule has 2 aromatic carbocycles. The Kier molecular flexibility index (Phi) is 9.59.